The summed E-state index contributed by atoms with van der Waals surface area (Å²) in [7, 11) is 3.81. The molecule has 1 N–H and O–H groups in total. The Morgan fingerprint density at radius 3 is 2.80 bits per heavy atom. The molecular weight excluding hydrogens is 192 g/mol. The van der Waals surface area contributed by atoms with E-state index in [1.54, 1.807) is 11.0 Å². The van der Waals surface area contributed by atoms with Crippen LogP contribution in [0.4, 0.5) is 0 Å². The summed E-state index contributed by atoms with van der Waals surface area (Å²) >= 11 is 0. The zero-order chi connectivity index (χ0) is 10.9. The fraction of sp³-hybridized carbons (Fsp3) is 0.800. The van der Waals surface area contributed by atoms with Gasteiger partial charge in [-0.15, -0.1) is 5.10 Å². The van der Waals surface area contributed by atoms with Crippen molar-refractivity contribution in [3.8, 4) is 6.01 Å². The van der Waals surface area contributed by atoms with E-state index in [2.05, 4.69) is 15.4 Å². The van der Waals surface area contributed by atoms with Gasteiger partial charge >= 0.3 is 6.01 Å². The Bertz CT molecular complexity index is 262. The number of rotatable bonds is 8. The van der Waals surface area contributed by atoms with Crippen LogP contribution in [0.25, 0.3) is 0 Å². The predicted molar refractivity (Wildman–Crippen MR) is 58.9 cm³/mol. The van der Waals surface area contributed by atoms with E-state index in [1.807, 2.05) is 14.1 Å². The van der Waals surface area contributed by atoms with Gasteiger partial charge in [0.2, 0.25) is 0 Å². The van der Waals surface area contributed by atoms with Crippen molar-refractivity contribution < 1.29 is 4.74 Å². The third-order valence-electron chi connectivity index (χ3n) is 2.13. The van der Waals surface area contributed by atoms with Gasteiger partial charge in [0, 0.05) is 7.05 Å². The molecule has 0 aliphatic carbocycles. The van der Waals surface area contributed by atoms with Gasteiger partial charge in [0.1, 0.15) is 6.33 Å². The number of nitrogens with one attached hydrogen (secondary N) is 1. The van der Waals surface area contributed by atoms with Crippen molar-refractivity contribution in [3.63, 3.8) is 0 Å². The lowest BCUT2D eigenvalue weighted by atomic mass is 10.2. The average Bonchev–Trinajstić information content (AvgIpc) is 2.63. The molecule has 0 fully saturated rings. The van der Waals surface area contributed by atoms with E-state index in [-0.39, 0.29) is 0 Å². The van der Waals surface area contributed by atoms with Gasteiger partial charge in [0.15, 0.2) is 0 Å². The van der Waals surface area contributed by atoms with Gasteiger partial charge in [-0.1, -0.05) is 12.8 Å². The third kappa shape index (κ3) is 5.37. The monoisotopic (exact) mass is 212 g/mol. The molecule has 1 rings (SSSR count). The highest BCUT2D eigenvalue weighted by Gasteiger charge is 1.98. The van der Waals surface area contributed by atoms with Crippen LogP contribution >= 0.6 is 0 Å². The fourth-order valence-electron chi connectivity index (χ4n) is 1.31. The van der Waals surface area contributed by atoms with E-state index >= 15 is 0 Å². The molecule has 0 amide bonds. The van der Waals surface area contributed by atoms with E-state index < -0.39 is 0 Å². The quantitative estimate of drug-likeness (QED) is 0.652. The molecule has 86 valence electrons. The first-order valence-electron chi connectivity index (χ1n) is 5.46. The van der Waals surface area contributed by atoms with Crippen molar-refractivity contribution in [2.45, 2.75) is 25.7 Å². The van der Waals surface area contributed by atoms with Crippen LogP contribution in [0.5, 0.6) is 6.01 Å². The van der Waals surface area contributed by atoms with Gasteiger partial charge in [-0.25, -0.2) is 0 Å². The van der Waals surface area contributed by atoms with Crippen LogP contribution in [0.15, 0.2) is 6.33 Å². The zero-order valence-corrected chi connectivity index (χ0v) is 9.57. The lowest BCUT2D eigenvalue weighted by molar-refractivity contribution is 0.281. The first kappa shape index (κ1) is 12.0. The number of ether oxygens (including phenoxy) is 1. The highest BCUT2D eigenvalue weighted by Crippen LogP contribution is 2.02. The standard InChI is InChI=1S/C10H20N4O/c1-11-7-5-3-4-6-8-15-10-12-9-14(2)13-10/h9,11H,3-8H2,1-2H3. The largest absolute Gasteiger partial charge is 0.462 e. The molecule has 0 aromatic carbocycles. The molecule has 0 spiro atoms. The summed E-state index contributed by atoms with van der Waals surface area (Å²) in [6.45, 7) is 1.81. The van der Waals surface area contributed by atoms with Crippen LogP contribution < -0.4 is 10.1 Å². The lowest BCUT2D eigenvalue weighted by Crippen LogP contribution is -2.07. The molecule has 15 heavy (non-hydrogen) atoms. The topological polar surface area (TPSA) is 52.0 Å². The second-order valence-corrected chi connectivity index (χ2v) is 3.57. The summed E-state index contributed by atoms with van der Waals surface area (Å²) in [6, 6.07) is 0.479. The molecule has 0 radical (unpaired) electrons. The molecule has 0 aliphatic rings. The number of aryl methyl sites for hydroxylation is 1. The maximum atomic E-state index is 5.37. The van der Waals surface area contributed by atoms with Gasteiger partial charge in [-0.2, -0.15) is 4.98 Å². The molecule has 0 saturated heterocycles. The Balaban J connectivity index is 1.93. The maximum Gasteiger partial charge on any atom is 0.335 e. The lowest BCUT2D eigenvalue weighted by Gasteiger charge is -2.01. The molecule has 0 aliphatic heterocycles. The minimum absolute atomic E-state index is 0.479. The molecule has 1 aromatic heterocycles. The number of unbranched alkanes of at least 4 members (excludes halogenated alkanes) is 3. The maximum absolute atomic E-state index is 5.37. The summed E-state index contributed by atoms with van der Waals surface area (Å²) in [6.07, 6.45) is 6.40. The molecule has 5 nitrogen and oxygen atoms in total. The highest BCUT2D eigenvalue weighted by atomic mass is 16.5. The van der Waals surface area contributed by atoms with Gasteiger partial charge in [-0.3, -0.25) is 4.68 Å². The summed E-state index contributed by atoms with van der Waals surface area (Å²) in [5.41, 5.74) is 0. The van der Waals surface area contributed by atoms with E-state index in [0.29, 0.717) is 12.6 Å². The van der Waals surface area contributed by atoms with Crippen molar-refractivity contribution in [1.82, 2.24) is 20.1 Å². The molecule has 5 heteroatoms. The zero-order valence-electron chi connectivity index (χ0n) is 9.57. The Morgan fingerprint density at radius 2 is 2.13 bits per heavy atom. The van der Waals surface area contributed by atoms with Gasteiger partial charge in [-0.05, 0) is 26.4 Å². The second-order valence-electron chi connectivity index (χ2n) is 3.57. The molecule has 0 saturated carbocycles. The second kappa shape index (κ2) is 7.23. The first-order valence-corrected chi connectivity index (χ1v) is 5.46. The van der Waals surface area contributed by atoms with Crippen LogP contribution in [0.3, 0.4) is 0 Å². The van der Waals surface area contributed by atoms with Crippen LogP contribution in [-0.4, -0.2) is 35.0 Å². The minimum atomic E-state index is 0.479. The van der Waals surface area contributed by atoms with Crippen molar-refractivity contribution in [3.05, 3.63) is 6.33 Å². The van der Waals surface area contributed by atoms with Crippen molar-refractivity contribution >= 4 is 0 Å². The van der Waals surface area contributed by atoms with Gasteiger partial charge in [0.05, 0.1) is 6.61 Å². The number of aromatic nitrogens is 3. The Kier molecular flexibility index (Phi) is 5.77. The summed E-state index contributed by atoms with van der Waals surface area (Å²) < 4.78 is 7.02. The van der Waals surface area contributed by atoms with Crippen LogP contribution in [0.1, 0.15) is 25.7 Å². The summed E-state index contributed by atoms with van der Waals surface area (Å²) in [4.78, 5) is 3.98. The van der Waals surface area contributed by atoms with Crippen LogP contribution in [-0.2, 0) is 7.05 Å². The molecule has 0 atom stereocenters. The number of hydrogen-bond donors (Lipinski definition) is 1. The van der Waals surface area contributed by atoms with E-state index in [4.69, 9.17) is 4.74 Å². The summed E-state index contributed by atoms with van der Waals surface area (Å²) in [5.74, 6) is 0. The van der Waals surface area contributed by atoms with Crippen molar-refractivity contribution in [2.75, 3.05) is 20.2 Å². The molecule has 1 aromatic rings. The molecule has 0 unspecified atom stereocenters. The molecule has 0 bridgehead atoms. The van der Waals surface area contributed by atoms with Gasteiger partial charge in [0.25, 0.3) is 0 Å². The van der Waals surface area contributed by atoms with E-state index in [9.17, 15) is 0 Å². The normalized spacial score (nSPS) is 10.5. The minimum Gasteiger partial charge on any atom is -0.462 e. The van der Waals surface area contributed by atoms with Crippen LogP contribution in [0.2, 0.25) is 0 Å². The molecular formula is C10H20N4O. The van der Waals surface area contributed by atoms with Crippen molar-refractivity contribution in [2.24, 2.45) is 7.05 Å². The highest BCUT2D eigenvalue weighted by molar-refractivity contribution is 4.86. The Labute approximate surface area is 90.8 Å². The molecule has 1 heterocycles. The first-order chi connectivity index (χ1) is 7.33. The fourth-order valence-corrected chi connectivity index (χ4v) is 1.31. The van der Waals surface area contributed by atoms with E-state index in [0.717, 1.165) is 13.0 Å². The van der Waals surface area contributed by atoms with Crippen molar-refractivity contribution in [1.29, 1.82) is 0 Å². The smallest absolute Gasteiger partial charge is 0.335 e. The summed E-state index contributed by atoms with van der Waals surface area (Å²) in [5, 5.41) is 7.16. The predicted octanol–water partition coefficient (Wildman–Crippen LogP) is 0.974. The Hall–Kier alpha value is -1.10. The third-order valence-corrected chi connectivity index (χ3v) is 2.13. The average molecular weight is 212 g/mol. The number of nitrogens with zero attached hydrogens (tertiary/aromatic N) is 3. The SMILES string of the molecule is CNCCCCCCOc1ncn(C)n1. The Morgan fingerprint density at radius 1 is 1.33 bits per heavy atom. The number of hydrogen-bond acceptors (Lipinski definition) is 4. The van der Waals surface area contributed by atoms with Crippen LogP contribution in [0, 0.1) is 0 Å². The van der Waals surface area contributed by atoms with Gasteiger partial charge < -0.3 is 10.1 Å². The van der Waals surface area contributed by atoms with E-state index in [1.165, 1.54) is 19.3 Å².